The van der Waals surface area contributed by atoms with Crippen LogP contribution in [0.2, 0.25) is 10.0 Å². The lowest BCUT2D eigenvalue weighted by molar-refractivity contribution is 0.0940. The highest BCUT2D eigenvalue weighted by Gasteiger charge is 2.12. The lowest BCUT2D eigenvalue weighted by Gasteiger charge is -2.14. The highest BCUT2D eigenvalue weighted by atomic mass is 79.9. The Morgan fingerprint density at radius 2 is 1.95 bits per heavy atom. The second-order valence-corrected chi connectivity index (χ2v) is 6.66. The van der Waals surface area contributed by atoms with E-state index >= 15 is 0 Å². The van der Waals surface area contributed by atoms with Crippen molar-refractivity contribution < 1.29 is 4.79 Å². The van der Waals surface area contributed by atoms with E-state index in [4.69, 9.17) is 23.2 Å². The fourth-order valence-corrected chi connectivity index (χ4v) is 3.13. The zero-order chi connectivity index (χ0) is 15.4. The zero-order valence-corrected chi connectivity index (χ0v) is 14.5. The number of carbonyl (C=O) groups excluding carboxylic acids is 1. The average molecular weight is 387 g/mol. The number of nitrogens with one attached hydrogen (secondary N) is 1. The van der Waals surface area contributed by atoms with E-state index < -0.39 is 0 Å². The normalized spacial score (nSPS) is 12.0. The molecular formula is C16H14BrCl2NO. The van der Waals surface area contributed by atoms with E-state index in [0.717, 1.165) is 10.0 Å². The van der Waals surface area contributed by atoms with Crippen LogP contribution in [0.4, 0.5) is 0 Å². The Bertz CT molecular complexity index is 640. The highest BCUT2D eigenvalue weighted by Crippen LogP contribution is 2.20. The average Bonchev–Trinajstić information content (AvgIpc) is 2.37. The summed E-state index contributed by atoms with van der Waals surface area (Å²) >= 11 is 15.2. The third kappa shape index (κ3) is 5.03. The van der Waals surface area contributed by atoms with Gasteiger partial charge in [-0.1, -0.05) is 51.3 Å². The zero-order valence-electron chi connectivity index (χ0n) is 11.4. The molecule has 2 nitrogen and oxygen atoms in total. The molecule has 2 aromatic carbocycles. The van der Waals surface area contributed by atoms with Crippen LogP contribution in [0.15, 0.2) is 46.9 Å². The number of amides is 1. The summed E-state index contributed by atoms with van der Waals surface area (Å²) in [5.41, 5.74) is 1.62. The third-order valence-electron chi connectivity index (χ3n) is 2.93. The molecule has 0 fully saturated rings. The van der Waals surface area contributed by atoms with Crippen LogP contribution in [-0.2, 0) is 6.42 Å². The van der Waals surface area contributed by atoms with Gasteiger partial charge in [0.05, 0.1) is 0 Å². The number of rotatable bonds is 4. The summed E-state index contributed by atoms with van der Waals surface area (Å²) in [5.74, 6) is -0.146. The van der Waals surface area contributed by atoms with E-state index in [0.29, 0.717) is 22.0 Å². The molecule has 1 atom stereocenters. The van der Waals surface area contributed by atoms with Gasteiger partial charge in [0.25, 0.3) is 5.91 Å². The summed E-state index contributed by atoms with van der Waals surface area (Å²) in [5, 5.41) is 4.18. The van der Waals surface area contributed by atoms with Crippen LogP contribution >= 0.6 is 39.1 Å². The van der Waals surface area contributed by atoms with Crippen molar-refractivity contribution in [2.24, 2.45) is 0 Å². The van der Waals surface area contributed by atoms with Gasteiger partial charge in [0.2, 0.25) is 0 Å². The molecule has 0 bridgehead atoms. The number of benzene rings is 2. The second-order valence-electron chi connectivity index (χ2n) is 4.87. The number of hydrogen-bond donors (Lipinski definition) is 1. The van der Waals surface area contributed by atoms with Gasteiger partial charge < -0.3 is 5.32 Å². The maximum Gasteiger partial charge on any atom is 0.251 e. The topological polar surface area (TPSA) is 29.1 Å². The first-order chi connectivity index (χ1) is 9.94. The van der Waals surface area contributed by atoms with Gasteiger partial charge in [0.15, 0.2) is 0 Å². The Morgan fingerprint density at radius 1 is 1.19 bits per heavy atom. The Kier molecular flexibility index (Phi) is 5.68. The van der Waals surface area contributed by atoms with Crippen molar-refractivity contribution in [3.63, 3.8) is 0 Å². The van der Waals surface area contributed by atoms with Crippen molar-refractivity contribution in [3.05, 3.63) is 68.1 Å². The van der Waals surface area contributed by atoms with E-state index in [1.165, 1.54) is 0 Å². The van der Waals surface area contributed by atoms with Gasteiger partial charge in [-0.15, -0.1) is 0 Å². The molecule has 0 saturated carbocycles. The van der Waals surface area contributed by atoms with Crippen LogP contribution in [0.3, 0.4) is 0 Å². The van der Waals surface area contributed by atoms with Gasteiger partial charge >= 0.3 is 0 Å². The molecule has 2 rings (SSSR count). The third-order valence-corrected chi connectivity index (χ3v) is 3.84. The first kappa shape index (κ1) is 16.3. The van der Waals surface area contributed by atoms with Gasteiger partial charge in [-0.05, 0) is 49.2 Å². The molecule has 1 unspecified atom stereocenters. The maximum absolute atomic E-state index is 12.2. The van der Waals surface area contributed by atoms with E-state index in [-0.39, 0.29) is 11.9 Å². The number of halogens is 3. The van der Waals surface area contributed by atoms with Gasteiger partial charge in [-0.25, -0.2) is 0 Å². The van der Waals surface area contributed by atoms with Gasteiger partial charge in [0, 0.05) is 26.1 Å². The van der Waals surface area contributed by atoms with Crippen LogP contribution in [0.1, 0.15) is 22.8 Å². The Hall–Kier alpha value is -1.03. The Balaban J connectivity index is 2.02. The quantitative estimate of drug-likeness (QED) is 0.776. The van der Waals surface area contributed by atoms with E-state index in [1.54, 1.807) is 18.2 Å². The molecule has 0 spiro atoms. The smallest absolute Gasteiger partial charge is 0.251 e. The Labute approximate surface area is 142 Å². The van der Waals surface area contributed by atoms with Crippen molar-refractivity contribution in [1.82, 2.24) is 5.32 Å². The molecule has 1 N–H and O–H groups in total. The Morgan fingerprint density at radius 3 is 2.62 bits per heavy atom. The molecule has 0 aliphatic carbocycles. The summed E-state index contributed by atoms with van der Waals surface area (Å²) in [6.45, 7) is 1.96. The fraction of sp³-hybridized carbons (Fsp3) is 0.188. The van der Waals surface area contributed by atoms with Crippen LogP contribution in [0.5, 0.6) is 0 Å². The van der Waals surface area contributed by atoms with Crippen molar-refractivity contribution in [2.45, 2.75) is 19.4 Å². The minimum Gasteiger partial charge on any atom is -0.349 e. The largest absolute Gasteiger partial charge is 0.349 e. The standard InChI is InChI=1S/C16H14BrCl2NO/c1-10(5-11-3-2-4-14(18)6-11)20-16(21)12-7-13(17)9-15(19)8-12/h2-4,6-10H,5H2,1H3,(H,20,21). The molecule has 110 valence electrons. The van der Waals surface area contributed by atoms with E-state index in [9.17, 15) is 4.79 Å². The lowest BCUT2D eigenvalue weighted by Crippen LogP contribution is -2.34. The predicted molar refractivity (Wildman–Crippen MR) is 91.2 cm³/mol. The summed E-state index contributed by atoms with van der Waals surface area (Å²) in [4.78, 5) is 12.2. The van der Waals surface area contributed by atoms with E-state index in [2.05, 4.69) is 21.2 Å². The SMILES string of the molecule is CC(Cc1cccc(Cl)c1)NC(=O)c1cc(Cl)cc(Br)c1. The minimum absolute atomic E-state index is 0.00581. The summed E-state index contributed by atoms with van der Waals surface area (Å²) in [6, 6.07) is 12.8. The summed E-state index contributed by atoms with van der Waals surface area (Å²) < 4.78 is 0.780. The van der Waals surface area contributed by atoms with Crippen molar-refractivity contribution in [3.8, 4) is 0 Å². The first-order valence-corrected chi connectivity index (χ1v) is 8.00. The highest BCUT2D eigenvalue weighted by molar-refractivity contribution is 9.10. The maximum atomic E-state index is 12.2. The summed E-state index contributed by atoms with van der Waals surface area (Å²) in [6.07, 6.45) is 0.716. The van der Waals surface area contributed by atoms with Crippen LogP contribution in [-0.4, -0.2) is 11.9 Å². The fourth-order valence-electron chi connectivity index (χ4n) is 2.06. The summed E-state index contributed by atoms with van der Waals surface area (Å²) in [7, 11) is 0. The molecule has 0 saturated heterocycles. The van der Waals surface area contributed by atoms with Gasteiger partial charge in [-0.3, -0.25) is 4.79 Å². The van der Waals surface area contributed by atoms with Crippen molar-refractivity contribution in [1.29, 1.82) is 0 Å². The number of hydrogen-bond acceptors (Lipinski definition) is 1. The minimum atomic E-state index is -0.146. The van der Waals surface area contributed by atoms with Crippen LogP contribution in [0, 0.1) is 0 Å². The molecule has 0 aromatic heterocycles. The van der Waals surface area contributed by atoms with Crippen LogP contribution in [0.25, 0.3) is 0 Å². The van der Waals surface area contributed by atoms with Crippen molar-refractivity contribution in [2.75, 3.05) is 0 Å². The number of carbonyl (C=O) groups is 1. The molecule has 1 amide bonds. The molecular weight excluding hydrogens is 373 g/mol. The molecule has 2 aromatic rings. The van der Waals surface area contributed by atoms with E-state index in [1.807, 2.05) is 31.2 Å². The van der Waals surface area contributed by atoms with Gasteiger partial charge in [-0.2, -0.15) is 0 Å². The second kappa shape index (κ2) is 7.30. The molecule has 0 aliphatic rings. The van der Waals surface area contributed by atoms with Gasteiger partial charge in [0.1, 0.15) is 0 Å². The lowest BCUT2D eigenvalue weighted by atomic mass is 10.1. The molecule has 21 heavy (non-hydrogen) atoms. The monoisotopic (exact) mass is 385 g/mol. The predicted octanol–water partition coefficient (Wildman–Crippen LogP) is 5.12. The van der Waals surface area contributed by atoms with Crippen molar-refractivity contribution >= 4 is 45.0 Å². The molecule has 0 heterocycles. The molecule has 5 heteroatoms. The molecule has 0 radical (unpaired) electrons. The molecule has 0 aliphatic heterocycles. The first-order valence-electron chi connectivity index (χ1n) is 6.45. The van der Waals surface area contributed by atoms with Crippen LogP contribution < -0.4 is 5.32 Å².